The van der Waals surface area contributed by atoms with Crippen LogP contribution in [-0.2, 0) is 10.2 Å². The Morgan fingerprint density at radius 1 is 1.47 bits per heavy atom. The predicted octanol–water partition coefficient (Wildman–Crippen LogP) is -0.699. The van der Waals surface area contributed by atoms with Crippen molar-refractivity contribution < 1.29 is 8.42 Å². The van der Waals surface area contributed by atoms with Gasteiger partial charge in [-0.3, -0.25) is 5.43 Å². The minimum atomic E-state index is -3.50. The third kappa shape index (κ3) is 3.90. The molecule has 0 unspecified atom stereocenters. The lowest BCUT2D eigenvalue weighted by Gasteiger charge is -2.29. The zero-order chi connectivity index (χ0) is 11.5. The normalized spacial score (nSPS) is 20.1. The summed E-state index contributed by atoms with van der Waals surface area (Å²) in [6, 6.07) is 0. The van der Waals surface area contributed by atoms with Gasteiger partial charge in [-0.05, 0) is 31.0 Å². The summed E-state index contributed by atoms with van der Waals surface area (Å²) in [7, 11) is -3.50. The van der Waals surface area contributed by atoms with Gasteiger partial charge >= 0.3 is 0 Å². The van der Waals surface area contributed by atoms with E-state index < -0.39 is 10.2 Å². The van der Waals surface area contributed by atoms with Gasteiger partial charge in [0.2, 0.25) is 0 Å². The number of rotatable bonds is 3. The summed E-state index contributed by atoms with van der Waals surface area (Å²) in [5, 5.41) is -0.0936. The number of hydrazine groups is 1. The fourth-order valence-electron chi connectivity index (χ4n) is 1.40. The first-order chi connectivity index (χ1) is 6.92. The molecule has 8 heteroatoms. The van der Waals surface area contributed by atoms with Crippen molar-refractivity contribution in [3.05, 3.63) is 0 Å². The number of nitrogens with one attached hydrogen (secondary N) is 2. The van der Waals surface area contributed by atoms with E-state index in [1.165, 1.54) is 4.31 Å². The number of thiocarbonyl (C=S) groups is 1. The number of nitrogens with zero attached hydrogens (tertiary/aromatic N) is 1. The van der Waals surface area contributed by atoms with E-state index in [1.807, 2.05) is 0 Å². The highest BCUT2D eigenvalue weighted by Gasteiger charge is 2.25. The van der Waals surface area contributed by atoms with Crippen LogP contribution >= 0.6 is 12.2 Å². The standard InChI is InChI=1S/C7H16N4O2S2/c1-6-2-4-11(5-3-6)15(12,13)10-9-7(8)14/h6,10H,2-5H2,1H3,(H3,8,9,14). The van der Waals surface area contributed by atoms with Crippen LogP contribution in [0.15, 0.2) is 0 Å². The van der Waals surface area contributed by atoms with E-state index in [9.17, 15) is 8.42 Å². The van der Waals surface area contributed by atoms with E-state index >= 15 is 0 Å². The SMILES string of the molecule is CC1CCN(S(=O)(=O)NNC(N)=S)CC1. The average Bonchev–Trinajstić information content (AvgIpc) is 2.16. The zero-order valence-electron chi connectivity index (χ0n) is 8.56. The van der Waals surface area contributed by atoms with Gasteiger partial charge in [-0.15, -0.1) is 4.83 Å². The average molecular weight is 252 g/mol. The first-order valence-corrected chi connectivity index (χ1v) is 6.59. The van der Waals surface area contributed by atoms with Gasteiger partial charge in [0.1, 0.15) is 0 Å². The summed E-state index contributed by atoms with van der Waals surface area (Å²) in [5.74, 6) is 0.583. The maximum Gasteiger partial charge on any atom is 0.296 e. The minimum Gasteiger partial charge on any atom is -0.375 e. The molecule has 4 N–H and O–H groups in total. The molecule has 0 radical (unpaired) electrons. The van der Waals surface area contributed by atoms with Crippen molar-refractivity contribution in [2.24, 2.45) is 11.7 Å². The lowest BCUT2D eigenvalue weighted by atomic mass is 10.0. The molecule has 1 aliphatic rings. The number of nitrogens with two attached hydrogens (primary N) is 1. The van der Waals surface area contributed by atoms with Crippen LogP contribution in [0.3, 0.4) is 0 Å². The Balaban J connectivity index is 2.50. The summed E-state index contributed by atoms with van der Waals surface area (Å²) >= 11 is 4.50. The van der Waals surface area contributed by atoms with Crippen LogP contribution < -0.4 is 16.0 Å². The van der Waals surface area contributed by atoms with Gasteiger partial charge < -0.3 is 5.73 Å². The van der Waals surface area contributed by atoms with Crippen LogP contribution in [0.4, 0.5) is 0 Å². The molecule has 0 saturated carbocycles. The molecule has 1 aliphatic heterocycles. The van der Waals surface area contributed by atoms with Gasteiger partial charge in [-0.1, -0.05) is 6.92 Å². The lowest BCUT2D eigenvalue weighted by molar-refractivity contribution is 0.284. The molecule has 0 spiro atoms. The molecule has 0 aromatic heterocycles. The number of piperidine rings is 1. The highest BCUT2D eigenvalue weighted by molar-refractivity contribution is 7.87. The maximum atomic E-state index is 11.6. The zero-order valence-corrected chi connectivity index (χ0v) is 10.2. The van der Waals surface area contributed by atoms with Gasteiger partial charge in [0, 0.05) is 13.1 Å². The first-order valence-electron chi connectivity index (χ1n) is 4.74. The quantitative estimate of drug-likeness (QED) is 0.457. The van der Waals surface area contributed by atoms with Crippen LogP contribution in [0.1, 0.15) is 19.8 Å². The molecule has 15 heavy (non-hydrogen) atoms. The lowest BCUT2D eigenvalue weighted by Crippen LogP contribution is -2.52. The Hall–Kier alpha value is -0.440. The van der Waals surface area contributed by atoms with Gasteiger partial charge in [-0.25, -0.2) is 0 Å². The molecule has 6 nitrogen and oxygen atoms in total. The van der Waals surface area contributed by atoms with Crippen LogP contribution in [0.5, 0.6) is 0 Å². The van der Waals surface area contributed by atoms with Crippen molar-refractivity contribution in [1.29, 1.82) is 0 Å². The van der Waals surface area contributed by atoms with Crippen LogP contribution in [-0.4, -0.2) is 30.9 Å². The minimum absolute atomic E-state index is 0.0936. The summed E-state index contributed by atoms with van der Waals surface area (Å²) in [6.45, 7) is 3.19. The Labute approximate surface area is 95.3 Å². The molecule has 0 bridgehead atoms. The van der Waals surface area contributed by atoms with Crippen molar-refractivity contribution in [3.63, 3.8) is 0 Å². The maximum absolute atomic E-state index is 11.6. The van der Waals surface area contributed by atoms with Crippen molar-refractivity contribution in [3.8, 4) is 0 Å². The molecule has 1 heterocycles. The van der Waals surface area contributed by atoms with E-state index in [4.69, 9.17) is 5.73 Å². The van der Waals surface area contributed by atoms with Crippen molar-refractivity contribution >= 4 is 27.5 Å². The third-order valence-corrected chi connectivity index (χ3v) is 3.89. The fraction of sp³-hybridized carbons (Fsp3) is 0.857. The molecule has 1 rings (SSSR count). The predicted molar refractivity (Wildman–Crippen MR) is 61.9 cm³/mol. The second kappa shape index (κ2) is 5.06. The third-order valence-electron chi connectivity index (χ3n) is 2.39. The van der Waals surface area contributed by atoms with Gasteiger partial charge in [-0.2, -0.15) is 12.7 Å². The van der Waals surface area contributed by atoms with Crippen LogP contribution in [0.25, 0.3) is 0 Å². The Morgan fingerprint density at radius 3 is 2.47 bits per heavy atom. The molecule has 0 aromatic carbocycles. The van der Waals surface area contributed by atoms with Crippen LogP contribution in [0.2, 0.25) is 0 Å². The van der Waals surface area contributed by atoms with Crippen molar-refractivity contribution in [2.75, 3.05) is 13.1 Å². The molecular formula is C7H16N4O2S2. The van der Waals surface area contributed by atoms with E-state index in [1.54, 1.807) is 0 Å². The summed E-state index contributed by atoms with van der Waals surface area (Å²) in [5.41, 5.74) is 7.35. The van der Waals surface area contributed by atoms with Gasteiger partial charge in [0.15, 0.2) is 5.11 Å². The molecular weight excluding hydrogens is 236 g/mol. The van der Waals surface area contributed by atoms with E-state index in [0.29, 0.717) is 19.0 Å². The molecule has 88 valence electrons. The molecule has 0 atom stereocenters. The Morgan fingerprint density at radius 2 is 2.00 bits per heavy atom. The molecule has 1 fully saturated rings. The monoisotopic (exact) mass is 252 g/mol. The van der Waals surface area contributed by atoms with E-state index in [2.05, 4.69) is 29.4 Å². The first kappa shape index (κ1) is 12.6. The second-order valence-corrected chi connectivity index (χ2v) is 5.79. The van der Waals surface area contributed by atoms with E-state index in [0.717, 1.165) is 12.8 Å². The van der Waals surface area contributed by atoms with Crippen molar-refractivity contribution in [2.45, 2.75) is 19.8 Å². The Kier molecular flexibility index (Phi) is 4.26. The summed E-state index contributed by atoms with van der Waals surface area (Å²) in [4.78, 5) is 2.12. The summed E-state index contributed by atoms with van der Waals surface area (Å²) in [6.07, 6.45) is 1.77. The van der Waals surface area contributed by atoms with E-state index in [-0.39, 0.29) is 5.11 Å². The highest BCUT2D eigenvalue weighted by Crippen LogP contribution is 2.17. The smallest absolute Gasteiger partial charge is 0.296 e. The molecule has 0 amide bonds. The Bertz CT molecular complexity index is 322. The highest BCUT2D eigenvalue weighted by atomic mass is 32.2. The van der Waals surface area contributed by atoms with Crippen molar-refractivity contribution in [1.82, 2.24) is 14.6 Å². The molecule has 0 aliphatic carbocycles. The largest absolute Gasteiger partial charge is 0.375 e. The van der Waals surface area contributed by atoms with Crippen LogP contribution in [0, 0.1) is 5.92 Å². The second-order valence-electron chi connectivity index (χ2n) is 3.68. The molecule has 0 aromatic rings. The molecule has 1 saturated heterocycles. The summed E-state index contributed by atoms with van der Waals surface area (Å²) < 4.78 is 24.7. The number of hydrogen-bond donors (Lipinski definition) is 3. The topological polar surface area (TPSA) is 87.5 Å². The fourth-order valence-corrected chi connectivity index (χ4v) is 2.58. The van der Waals surface area contributed by atoms with Gasteiger partial charge in [0.05, 0.1) is 0 Å². The van der Waals surface area contributed by atoms with Gasteiger partial charge in [0.25, 0.3) is 10.2 Å². The number of hydrogen-bond acceptors (Lipinski definition) is 3.